The van der Waals surface area contributed by atoms with Crippen molar-refractivity contribution in [3.05, 3.63) is 18.2 Å². The van der Waals surface area contributed by atoms with E-state index >= 15 is 0 Å². The highest BCUT2D eigenvalue weighted by Crippen LogP contribution is 2.36. The molecule has 0 aliphatic carbocycles. The topological polar surface area (TPSA) is 76.7 Å². The Morgan fingerprint density at radius 2 is 1.95 bits per heavy atom. The van der Waals surface area contributed by atoms with Crippen molar-refractivity contribution in [1.29, 1.82) is 0 Å². The molecule has 0 aromatic heterocycles. The van der Waals surface area contributed by atoms with Gasteiger partial charge >= 0.3 is 0 Å². The van der Waals surface area contributed by atoms with Crippen LogP contribution in [-0.4, -0.2) is 41.8 Å². The molecule has 0 saturated carbocycles. The molecule has 6 nitrogen and oxygen atoms in total. The van der Waals surface area contributed by atoms with Crippen LogP contribution in [0, 0.1) is 0 Å². The fourth-order valence-electron chi connectivity index (χ4n) is 1.65. The first kappa shape index (κ1) is 16.0. The molecular weight excluding hydrogens is 292 g/mol. The van der Waals surface area contributed by atoms with E-state index in [-0.39, 0.29) is 17.3 Å². The summed E-state index contributed by atoms with van der Waals surface area (Å²) in [6, 6.07) is 4.84. The highest BCUT2D eigenvalue weighted by Gasteiger charge is 2.24. The summed E-state index contributed by atoms with van der Waals surface area (Å²) in [5, 5.41) is 2.87. The molecule has 0 amide bonds. The Labute approximate surface area is 118 Å². The summed E-state index contributed by atoms with van der Waals surface area (Å²) in [6.45, 7) is 1.68. The first-order chi connectivity index (χ1) is 8.65. The van der Waals surface area contributed by atoms with E-state index in [0.29, 0.717) is 37.8 Å². The average molecular weight is 309 g/mol. The van der Waals surface area contributed by atoms with E-state index < -0.39 is 10.0 Å². The Hall–Kier alpha value is -1.02. The molecule has 8 heteroatoms. The summed E-state index contributed by atoms with van der Waals surface area (Å²) in [4.78, 5) is 0.121. The minimum absolute atomic E-state index is 0. The first-order valence-electron chi connectivity index (χ1n) is 5.68. The van der Waals surface area contributed by atoms with Crippen molar-refractivity contribution in [3.8, 4) is 11.5 Å². The highest BCUT2D eigenvalue weighted by atomic mass is 35.5. The van der Waals surface area contributed by atoms with Crippen molar-refractivity contribution in [3.63, 3.8) is 0 Å². The molecule has 0 saturated heterocycles. The van der Waals surface area contributed by atoms with E-state index in [1.54, 1.807) is 19.2 Å². The molecule has 1 aliphatic heterocycles. The van der Waals surface area contributed by atoms with E-state index in [2.05, 4.69) is 10.0 Å². The maximum atomic E-state index is 12.1. The van der Waals surface area contributed by atoms with Crippen LogP contribution in [0.15, 0.2) is 23.1 Å². The van der Waals surface area contributed by atoms with Crippen LogP contribution in [0.3, 0.4) is 0 Å². The summed E-state index contributed by atoms with van der Waals surface area (Å²) in [7, 11) is -1.81. The molecule has 1 aliphatic rings. The van der Waals surface area contributed by atoms with Crippen molar-refractivity contribution in [2.24, 2.45) is 0 Å². The fraction of sp³-hybridized carbons (Fsp3) is 0.455. The van der Waals surface area contributed by atoms with Gasteiger partial charge in [-0.15, -0.1) is 12.4 Å². The van der Waals surface area contributed by atoms with E-state index in [9.17, 15) is 8.42 Å². The van der Waals surface area contributed by atoms with E-state index in [4.69, 9.17) is 9.47 Å². The molecule has 1 aromatic carbocycles. The molecule has 0 spiro atoms. The maximum absolute atomic E-state index is 12.1. The molecule has 2 N–H and O–H groups in total. The second-order valence-electron chi connectivity index (χ2n) is 3.78. The van der Waals surface area contributed by atoms with Gasteiger partial charge in [0.25, 0.3) is 0 Å². The quantitative estimate of drug-likeness (QED) is 0.769. The summed E-state index contributed by atoms with van der Waals surface area (Å²) in [5.41, 5.74) is 0. The lowest BCUT2D eigenvalue weighted by atomic mass is 10.3. The largest absolute Gasteiger partial charge is 0.486 e. The summed E-state index contributed by atoms with van der Waals surface area (Å²) in [5.74, 6) is 0.762. The number of para-hydroxylation sites is 1. The van der Waals surface area contributed by atoms with Crippen LogP contribution in [-0.2, 0) is 10.0 Å². The predicted molar refractivity (Wildman–Crippen MR) is 73.8 cm³/mol. The normalized spacial score (nSPS) is 13.7. The number of ether oxygens (including phenoxy) is 2. The lowest BCUT2D eigenvalue weighted by Crippen LogP contribution is -2.31. The van der Waals surface area contributed by atoms with Gasteiger partial charge in [-0.1, -0.05) is 6.07 Å². The van der Waals surface area contributed by atoms with E-state index in [1.165, 1.54) is 6.07 Å². The van der Waals surface area contributed by atoms with Crippen LogP contribution < -0.4 is 19.5 Å². The zero-order chi connectivity index (χ0) is 13.0. The van der Waals surface area contributed by atoms with Crippen molar-refractivity contribution in [2.45, 2.75) is 4.90 Å². The second-order valence-corrected chi connectivity index (χ2v) is 5.52. The second kappa shape index (κ2) is 6.95. The van der Waals surface area contributed by atoms with Crippen LogP contribution in [0.25, 0.3) is 0 Å². The number of likely N-dealkylation sites (N-methyl/N-ethyl adjacent to an activating group) is 1. The van der Waals surface area contributed by atoms with E-state index in [0.717, 1.165) is 0 Å². The number of fused-ring (bicyclic) bond motifs is 1. The van der Waals surface area contributed by atoms with Gasteiger partial charge in [0.05, 0.1) is 0 Å². The Morgan fingerprint density at radius 1 is 1.21 bits per heavy atom. The van der Waals surface area contributed by atoms with Crippen LogP contribution in [0.1, 0.15) is 0 Å². The first-order valence-corrected chi connectivity index (χ1v) is 7.16. The Bertz CT molecular complexity index is 521. The van der Waals surface area contributed by atoms with Gasteiger partial charge in [-0.25, -0.2) is 13.1 Å². The van der Waals surface area contributed by atoms with Gasteiger partial charge in [-0.2, -0.15) is 0 Å². The number of benzene rings is 1. The number of halogens is 1. The van der Waals surface area contributed by atoms with Gasteiger partial charge in [-0.05, 0) is 19.2 Å². The van der Waals surface area contributed by atoms with Crippen LogP contribution >= 0.6 is 12.4 Å². The van der Waals surface area contributed by atoms with Gasteiger partial charge in [-0.3, -0.25) is 0 Å². The minimum Gasteiger partial charge on any atom is -0.486 e. The third-order valence-corrected chi connectivity index (χ3v) is 3.97. The molecule has 19 heavy (non-hydrogen) atoms. The molecular formula is C11H17ClN2O4S. The Morgan fingerprint density at radius 3 is 2.68 bits per heavy atom. The van der Waals surface area contributed by atoms with Crippen molar-refractivity contribution < 1.29 is 17.9 Å². The van der Waals surface area contributed by atoms with Gasteiger partial charge in [0.1, 0.15) is 18.1 Å². The van der Waals surface area contributed by atoms with Crippen LogP contribution in [0.5, 0.6) is 11.5 Å². The standard InChI is InChI=1S/C11H16N2O4S.ClH/c1-12-5-6-13-18(14,15)10-4-2-3-9-11(10)17-8-7-16-9;/h2-4,12-13H,5-8H2,1H3;1H. The number of hydrogen-bond donors (Lipinski definition) is 2. The molecule has 1 heterocycles. The summed E-state index contributed by atoms with van der Waals surface area (Å²) in [6.07, 6.45) is 0. The monoisotopic (exact) mass is 308 g/mol. The van der Waals surface area contributed by atoms with Gasteiger partial charge < -0.3 is 14.8 Å². The van der Waals surface area contributed by atoms with E-state index in [1.807, 2.05) is 0 Å². The van der Waals surface area contributed by atoms with Crippen LogP contribution in [0.2, 0.25) is 0 Å². The number of sulfonamides is 1. The summed E-state index contributed by atoms with van der Waals surface area (Å²) >= 11 is 0. The molecule has 2 rings (SSSR count). The number of rotatable bonds is 5. The third kappa shape index (κ3) is 3.73. The van der Waals surface area contributed by atoms with Crippen molar-refractivity contribution >= 4 is 22.4 Å². The number of nitrogens with one attached hydrogen (secondary N) is 2. The Balaban J connectivity index is 0.00000180. The van der Waals surface area contributed by atoms with Gasteiger partial charge in [0.15, 0.2) is 11.5 Å². The summed E-state index contributed by atoms with van der Waals surface area (Å²) < 4.78 is 37.5. The lowest BCUT2D eigenvalue weighted by molar-refractivity contribution is 0.167. The van der Waals surface area contributed by atoms with Crippen LogP contribution in [0.4, 0.5) is 0 Å². The molecule has 0 radical (unpaired) electrons. The molecule has 0 fully saturated rings. The zero-order valence-corrected chi connectivity index (χ0v) is 12.1. The lowest BCUT2D eigenvalue weighted by Gasteiger charge is -2.20. The minimum atomic E-state index is -3.57. The third-order valence-electron chi connectivity index (χ3n) is 2.49. The zero-order valence-electron chi connectivity index (χ0n) is 10.5. The van der Waals surface area contributed by atoms with Crippen molar-refractivity contribution in [1.82, 2.24) is 10.0 Å². The highest BCUT2D eigenvalue weighted by molar-refractivity contribution is 7.89. The molecule has 108 valence electrons. The molecule has 0 atom stereocenters. The molecule has 1 aromatic rings. The molecule has 0 unspecified atom stereocenters. The molecule has 0 bridgehead atoms. The van der Waals surface area contributed by atoms with Gasteiger partial charge in [0.2, 0.25) is 10.0 Å². The maximum Gasteiger partial charge on any atom is 0.244 e. The fourth-order valence-corrected chi connectivity index (χ4v) is 2.83. The smallest absolute Gasteiger partial charge is 0.244 e. The average Bonchev–Trinajstić information content (AvgIpc) is 2.38. The Kier molecular flexibility index (Phi) is 5.86. The predicted octanol–water partition coefficient (Wildman–Crippen LogP) is 0.377. The van der Waals surface area contributed by atoms with Gasteiger partial charge in [0, 0.05) is 13.1 Å². The van der Waals surface area contributed by atoms with Crippen molar-refractivity contribution in [2.75, 3.05) is 33.4 Å². The number of hydrogen-bond acceptors (Lipinski definition) is 5. The SMILES string of the molecule is CNCCNS(=O)(=O)c1cccc2c1OCCO2.Cl.